The van der Waals surface area contributed by atoms with Crippen LogP contribution in [-0.2, 0) is 9.59 Å². The molecule has 0 radical (unpaired) electrons. The van der Waals surface area contributed by atoms with Crippen LogP contribution in [-0.4, -0.2) is 95.5 Å². The van der Waals surface area contributed by atoms with Gasteiger partial charge >= 0.3 is 0 Å². The van der Waals surface area contributed by atoms with Crippen molar-refractivity contribution in [3.8, 4) is 0 Å². The summed E-state index contributed by atoms with van der Waals surface area (Å²) in [5, 5.41) is 11.0. The lowest BCUT2D eigenvalue weighted by Crippen LogP contribution is -2.49. The SMILES string of the molecule is NC(=O)C1CCN(CC(=O)N2CCC[C@](O)(CN3CCC(F)(F)CC3)CC2)CC1. The van der Waals surface area contributed by atoms with Gasteiger partial charge in [0.15, 0.2) is 0 Å². The number of alkyl halides is 2. The molecule has 0 bridgehead atoms. The first-order valence-electron chi connectivity index (χ1n) is 10.8. The first kappa shape index (κ1) is 22.4. The zero-order chi connectivity index (χ0) is 21.1. The van der Waals surface area contributed by atoms with Crippen molar-refractivity contribution in [2.24, 2.45) is 11.7 Å². The quantitative estimate of drug-likeness (QED) is 0.687. The number of halogens is 2. The molecule has 0 unspecified atom stereocenters. The highest BCUT2D eigenvalue weighted by Gasteiger charge is 2.38. The standard InChI is InChI=1S/C20H34F2N4O3/c21-20(22)6-11-25(12-7-20)15-19(29)4-1-8-26(13-5-19)17(27)14-24-9-2-16(3-10-24)18(23)28/h16,29H,1-15H2,(H2,23,28)/t19-/m1/s1. The minimum atomic E-state index is -2.59. The first-order valence-corrected chi connectivity index (χ1v) is 10.8. The number of carbonyl (C=O) groups excluding carboxylic acids is 2. The summed E-state index contributed by atoms with van der Waals surface area (Å²) in [6, 6.07) is 0. The molecule has 0 saturated carbocycles. The average molecular weight is 417 g/mol. The van der Waals surface area contributed by atoms with Gasteiger partial charge < -0.3 is 20.6 Å². The fraction of sp³-hybridized carbons (Fsp3) is 0.900. The number of carbonyl (C=O) groups is 2. The van der Waals surface area contributed by atoms with Gasteiger partial charge in [-0.05, 0) is 45.2 Å². The topological polar surface area (TPSA) is 90.1 Å². The summed E-state index contributed by atoms with van der Waals surface area (Å²) in [5.41, 5.74) is 4.43. The van der Waals surface area contributed by atoms with Crippen LogP contribution in [0.5, 0.6) is 0 Å². The lowest BCUT2D eigenvalue weighted by atomic mass is 9.93. The summed E-state index contributed by atoms with van der Waals surface area (Å²) in [6.45, 7) is 3.80. The lowest BCUT2D eigenvalue weighted by molar-refractivity contribution is -0.133. The number of primary amides is 1. The fourth-order valence-electron chi connectivity index (χ4n) is 4.71. The highest BCUT2D eigenvalue weighted by atomic mass is 19.3. The van der Waals surface area contributed by atoms with Crippen molar-refractivity contribution >= 4 is 11.8 Å². The Morgan fingerprint density at radius 2 is 1.59 bits per heavy atom. The van der Waals surface area contributed by atoms with E-state index in [1.165, 1.54) is 0 Å². The van der Waals surface area contributed by atoms with E-state index in [0.717, 1.165) is 0 Å². The molecule has 166 valence electrons. The maximum absolute atomic E-state index is 13.4. The third-order valence-corrected chi connectivity index (χ3v) is 6.72. The Kier molecular flexibility index (Phi) is 7.11. The van der Waals surface area contributed by atoms with Gasteiger partial charge in [-0.25, -0.2) is 8.78 Å². The van der Waals surface area contributed by atoms with Crippen molar-refractivity contribution in [2.45, 2.75) is 56.5 Å². The summed E-state index contributed by atoms with van der Waals surface area (Å²) in [5.74, 6) is -2.90. The Bertz CT molecular complexity index is 588. The van der Waals surface area contributed by atoms with Gasteiger partial charge in [0.2, 0.25) is 11.8 Å². The van der Waals surface area contributed by atoms with E-state index in [-0.39, 0.29) is 30.6 Å². The molecule has 2 amide bonds. The Morgan fingerprint density at radius 3 is 2.21 bits per heavy atom. The first-order chi connectivity index (χ1) is 13.7. The number of piperidine rings is 2. The molecule has 3 rings (SSSR count). The molecule has 9 heteroatoms. The molecule has 0 aliphatic carbocycles. The summed E-state index contributed by atoms with van der Waals surface area (Å²) >= 11 is 0. The average Bonchev–Trinajstić information content (AvgIpc) is 2.86. The van der Waals surface area contributed by atoms with Gasteiger partial charge in [0, 0.05) is 51.5 Å². The zero-order valence-electron chi connectivity index (χ0n) is 17.1. The van der Waals surface area contributed by atoms with Gasteiger partial charge in [-0.1, -0.05) is 0 Å². The summed E-state index contributed by atoms with van der Waals surface area (Å²) in [4.78, 5) is 29.8. The minimum absolute atomic E-state index is 0.0457. The Hall–Kier alpha value is -1.32. The van der Waals surface area contributed by atoms with Crippen LogP contribution in [0.4, 0.5) is 8.78 Å². The van der Waals surface area contributed by atoms with Crippen molar-refractivity contribution in [3.63, 3.8) is 0 Å². The fourth-order valence-corrected chi connectivity index (χ4v) is 4.71. The van der Waals surface area contributed by atoms with Crippen LogP contribution in [0.3, 0.4) is 0 Å². The van der Waals surface area contributed by atoms with Crippen LogP contribution in [0.15, 0.2) is 0 Å². The van der Waals surface area contributed by atoms with Gasteiger partial charge in [0.25, 0.3) is 5.92 Å². The molecule has 0 spiro atoms. The van der Waals surface area contributed by atoms with E-state index in [0.29, 0.717) is 84.5 Å². The van der Waals surface area contributed by atoms with E-state index in [9.17, 15) is 23.5 Å². The number of hydrogen-bond donors (Lipinski definition) is 2. The van der Waals surface area contributed by atoms with Crippen LogP contribution in [0.25, 0.3) is 0 Å². The molecule has 3 heterocycles. The van der Waals surface area contributed by atoms with Crippen LogP contribution < -0.4 is 5.73 Å². The van der Waals surface area contributed by atoms with Crippen molar-refractivity contribution in [1.29, 1.82) is 0 Å². The van der Waals surface area contributed by atoms with Crippen molar-refractivity contribution < 1.29 is 23.5 Å². The molecule has 3 aliphatic rings. The second-order valence-corrected chi connectivity index (χ2v) is 9.04. The highest BCUT2D eigenvalue weighted by Crippen LogP contribution is 2.30. The molecule has 3 aliphatic heterocycles. The largest absolute Gasteiger partial charge is 0.388 e. The van der Waals surface area contributed by atoms with E-state index in [1.807, 2.05) is 9.80 Å². The number of aliphatic hydroxyl groups is 1. The number of amides is 2. The molecule has 3 saturated heterocycles. The maximum Gasteiger partial charge on any atom is 0.250 e. The van der Waals surface area contributed by atoms with Gasteiger partial charge in [0.05, 0.1) is 12.1 Å². The van der Waals surface area contributed by atoms with Crippen LogP contribution in [0, 0.1) is 5.92 Å². The monoisotopic (exact) mass is 416 g/mol. The third-order valence-electron chi connectivity index (χ3n) is 6.72. The van der Waals surface area contributed by atoms with E-state index >= 15 is 0 Å². The Labute approximate surface area is 171 Å². The smallest absolute Gasteiger partial charge is 0.250 e. The van der Waals surface area contributed by atoms with Crippen molar-refractivity contribution in [2.75, 3.05) is 52.4 Å². The van der Waals surface area contributed by atoms with Crippen LogP contribution in [0.1, 0.15) is 44.9 Å². The predicted molar refractivity (Wildman–Crippen MR) is 104 cm³/mol. The van der Waals surface area contributed by atoms with Gasteiger partial charge in [-0.15, -0.1) is 0 Å². The Balaban J connectivity index is 1.44. The predicted octanol–water partition coefficient (Wildman–Crippen LogP) is 0.658. The molecule has 29 heavy (non-hydrogen) atoms. The van der Waals surface area contributed by atoms with Crippen molar-refractivity contribution in [3.05, 3.63) is 0 Å². The van der Waals surface area contributed by atoms with Gasteiger partial charge in [-0.3, -0.25) is 14.5 Å². The Morgan fingerprint density at radius 1 is 0.931 bits per heavy atom. The zero-order valence-corrected chi connectivity index (χ0v) is 17.1. The number of nitrogens with two attached hydrogens (primary N) is 1. The molecular formula is C20H34F2N4O3. The van der Waals surface area contributed by atoms with Crippen LogP contribution in [0.2, 0.25) is 0 Å². The van der Waals surface area contributed by atoms with Gasteiger partial charge in [0.1, 0.15) is 0 Å². The number of hydrogen-bond acceptors (Lipinski definition) is 5. The van der Waals surface area contributed by atoms with E-state index in [1.54, 1.807) is 0 Å². The van der Waals surface area contributed by atoms with E-state index in [4.69, 9.17) is 5.73 Å². The number of rotatable bonds is 5. The lowest BCUT2D eigenvalue weighted by Gasteiger charge is -2.37. The van der Waals surface area contributed by atoms with Gasteiger partial charge in [-0.2, -0.15) is 0 Å². The molecule has 3 N–H and O–H groups in total. The summed E-state index contributed by atoms with van der Waals surface area (Å²) in [6.07, 6.45) is 2.83. The summed E-state index contributed by atoms with van der Waals surface area (Å²) in [7, 11) is 0. The third kappa shape index (κ3) is 6.33. The summed E-state index contributed by atoms with van der Waals surface area (Å²) < 4.78 is 26.7. The molecule has 0 aromatic rings. The second-order valence-electron chi connectivity index (χ2n) is 9.04. The van der Waals surface area contributed by atoms with E-state index < -0.39 is 11.5 Å². The molecule has 1 atom stereocenters. The number of β-amino-alcohol motifs (C(OH)–C–C–N with tert-alkyl or cyclic N) is 1. The molecule has 0 aromatic carbocycles. The van der Waals surface area contributed by atoms with Crippen molar-refractivity contribution in [1.82, 2.24) is 14.7 Å². The molecular weight excluding hydrogens is 382 g/mol. The normalized spacial score (nSPS) is 30.1. The van der Waals surface area contributed by atoms with Crippen LogP contribution >= 0.6 is 0 Å². The molecule has 0 aromatic heterocycles. The minimum Gasteiger partial charge on any atom is -0.388 e. The highest BCUT2D eigenvalue weighted by molar-refractivity contribution is 5.78. The number of nitrogens with zero attached hydrogens (tertiary/aromatic N) is 3. The maximum atomic E-state index is 13.4. The second kappa shape index (κ2) is 9.22. The van der Waals surface area contributed by atoms with E-state index in [2.05, 4.69) is 4.90 Å². The molecule has 3 fully saturated rings. The molecule has 7 nitrogen and oxygen atoms in total. The number of likely N-dealkylation sites (tertiary alicyclic amines) is 3.